The highest BCUT2D eigenvalue weighted by atomic mass is 16.4. The van der Waals surface area contributed by atoms with Gasteiger partial charge in [-0.25, -0.2) is 14.8 Å². The average molecular weight is 752 g/mol. The maximum Gasteiger partial charge on any atom is 0.405 e. The third-order valence-electron chi connectivity index (χ3n) is 10.6. The Morgan fingerprint density at radius 1 is 0.893 bits per heavy atom. The molecule has 0 unspecified atom stereocenters. The SMILES string of the molecule is Cc1ccc(-c2ncc(-c3ccc4nc([C@@H]5CCCN5C(=O)Cc5ccccc5)[nH]c4c3)o2)cc1NC(=O)[C@@H]1CCCN1C(=O)[C@H](NC(=O)O)c1ccccc1. The van der Waals surface area contributed by atoms with E-state index in [1.807, 2.05) is 72.5 Å². The molecule has 56 heavy (non-hydrogen) atoms. The van der Waals surface area contributed by atoms with Gasteiger partial charge in [0, 0.05) is 29.9 Å². The van der Waals surface area contributed by atoms with Gasteiger partial charge in [0.15, 0.2) is 5.76 Å². The third kappa shape index (κ3) is 7.48. The number of carbonyl (C=O) groups is 4. The Labute approximate surface area is 322 Å². The van der Waals surface area contributed by atoms with Gasteiger partial charge in [0.25, 0.3) is 5.91 Å². The number of nitrogens with one attached hydrogen (secondary N) is 3. The maximum atomic E-state index is 13.7. The zero-order chi connectivity index (χ0) is 38.8. The number of H-pyrrole nitrogens is 1. The predicted octanol–water partition coefficient (Wildman–Crippen LogP) is 7.04. The fourth-order valence-electron chi connectivity index (χ4n) is 7.73. The first-order chi connectivity index (χ1) is 27.2. The second-order valence-electron chi connectivity index (χ2n) is 14.3. The Kier molecular flexibility index (Phi) is 10.1. The van der Waals surface area contributed by atoms with Crippen molar-refractivity contribution in [1.29, 1.82) is 0 Å². The van der Waals surface area contributed by atoms with Crippen molar-refractivity contribution in [2.75, 3.05) is 18.4 Å². The lowest BCUT2D eigenvalue weighted by Gasteiger charge is -2.28. The van der Waals surface area contributed by atoms with Gasteiger partial charge in [-0.3, -0.25) is 14.4 Å². The molecule has 0 bridgehead atoms. The van der Waals surface area contributed by atoms with Crippen LogP contribution in [-0.4, -0.2) is 72.8 Å². The first-order valence-corrected chi connectivity index (χ1v) is 18.8. The molecule has 3 atom stereocenters. The minimum absolute atomic E-state index is 0.0889. The van der Waals surface area contributed by atoms with E-state index in [4.69, 9.17) is 9.40 Å². The van der Waals surface area contributed by atoms with E-state index in [1.54, 1.807) is 42.6 Å². The number of benzene rings is 4. The molecular formula is C43H41N7O6. The number of hydrogen-bond acceptors (Lipinski definition) is 7. The molecule has 0 radical (unpaired) electrons. The Hall–Kier alpha value is -6.76. The lowest BCUT2D eigenvalue weighted by Crippen LogP contribution is -2.48. The number of oxazole rings is 1. The second kappa shape index (κ2) is 15.5. The molecule has 0 spiro atoms. The van der Waals surface area contributed by atoms with E-state index in [-0.39, 0.29) is 17.9 Å². The van der Waals surface area contributed by atoms with Gasteiger partial charge in [0.1, 0.15) is 17.9 Å². The van der Waals surface area contributed by atoms with Crippen LogP contribution in [0, 0.1) is 6.92 Å². The van der Waals surface area contributed by atoms with E-state index in [1.165, 1.54) is 4.90 Å². The molecule has 8 rings (SSSR count). The average Bonchev–Trinajstić information content (AvgIpc) is 4.04. The largest absolute Gasteiger partial charge is 0.465 e. The van der Waals surface area contributed by atoms with Crippen LogP contribution in [0.2, 0.25) is 0 Å². The number of rotatable bonds is 10. The van der Waals surface area contributed by atoms with Gasteiger partial charge in [-0.05, 0) is 79.6 Å². The number of hydrogen-bond donors (Lipinski definition) is 4. The van der Waals surface area contributed by atoms with Gasteiger partial charge in [-0.15, -0.1) is 0 Å². The summed E-state index contributed by atoms with van der Waals surface area (Å²) in [4.78, 5) is 68.5. The summed E-state index contributed by atoms with van der Waals surface area (Å²) in [6, 6.07) is 27.7. The molecule has 2 fully saturated rings. The zero-order valence-corrected chi connectivity index (χ0v) is 30.8. The predicted molar refractivity (Wildman–Crippen MR) is 209 cm³/mol. The number of aromatic amines is 1. The summed E-state index contributed by atoms with van der Waals surface area (Å²) in [5, 5.41) is 14.8. The van der Waals surface area contributed by atoms with E-state index in [0.717, 1.165) is 46.4 Å². The van der Waals surface area contributed by atoms with Crippen LogP contribution >= 0.6 is 0 Å². The topological polar surface area (TPSA) is 174 Å². The molecule has 4 N–H and O–H groups in total. The second-order valence-corrected chi connectivity index (χ2v) is 14.3. The highest BCUT2D eigenvalue weighted by Gasteiger charge is 2.38. The van der Waals surface area contributed by atoms with Crippen molar-refractivity contribution in [3.8, 4) is 22.8 Å². The van der Waals surface area contributed by atoms with Crippen molar-refractivity contribution in [3.05, 3.63) is 126 Å². The number of anilines is 1. The van der Waals surface area contributed by atoms with Crippen molar-refractivity contribution in [2.24, 2.45) is 0 Å². The summed E-state index contributed by atoms with van der Waals surface area (Å²) >= 11 is 0. The molecular weight excluding hydrogens is 711 g/mol. The summed E-state index contributed by atoms with van der Waals surface area (Å²) in [7, 11) is 0. The highest BCUT2D eigenvalue weighted by Crippen LogP contribution is 2.35. The molecule has 4 heterocycles. The molecule has 2 aromatic heterocycles. The summed E-state index contributed by atoms with van der Waals surface area (Å²) in [5.41, 5.74) is 5.91. The van der Waals surface area contributed by atoms with Crippen LogP contribution in [-0.2, 0) is 20.8 Å². The number of amides is 4. The van der Waals surface area contributed by atoms with Gasteiger partial charge in [-0.2, -0.15) is 0 Å². The Balaban J connectivity index is 0.966. The van der Waals surface area contributed by atoms with E-state index in [2.05, 4.69) is 20.6 Å². The van der Waals surface area contributed by atoms with Crippen molar-refractivity contribution in [2.45, 2.75) is 57.2 Å². The van der Waals surface area contributed by atoms with E-state index in [9.17, 15) is 24.3 Å². The van der Waals surface area contributed by atoms with E-state index in [0.29, 0.717) is 60.8 Å². The Morgan fingerprint density at radius 3 is 2.41 bits per heavy atom. The normalized spacial score (nSPS) is 17.2. The van der Waals surface area contributed by atoms with Crippen LogP contribution in [0.1, 0.15) is 60.3 Å². The van der Waals surface area contributed by atoms with Crippen molar-refractivity contribution >= 4 is 40.5 Å². The minimum atomic E-state index is -1.33. The molecule has 4 aromatic carbocycles. The van der Waals surface area contributed by atoms with Crippen LogP contribution in [0.3, 0.4) is 0 Å². The number of aryl methyl sites for hydroxylation is 1. The van der Waals surface area contributed by atoms with Gasteiger partial charge < -0.3 is 34.9 Å². The Morgan fingerprint density at radius 2 is 1.62 bits per heavy atom. The molecule has 2 aliphatic heterocycles. The number of aromatic nitrogens is 3. The van der Waals surface area contributed by atoms with Crippen LogP contribution in [0.5, 0.6) is 0 Å². The summed E-state index contributed by atoms with van der Waals surface area (Å²) in [6.45, 7) is 2.90. The zero-order valence-electron chi connectivity index (χ0n) is 30.8. The number of carbonyl (C=O) groups excluding carboxylic acids is 3. The number of likely N-dealkylation sites (tertiary alicyclic amines) is 2. The number of imidazole rings is 1. The summed E-state index contributed by atoms with van der Waals surface area (Å²) in [6.07, 6.45) is 3.49. The lowest BCUT2D eigenvalue weighted by molar-refractivity contribution is -0.138. The van der Waals surface area contributed by atoms with Gasteiger partial charge in [0.2, 0.25) is 17.7 Å². The molecule has 284 valence electrons. The lowest BCUT2D eigenvalue weighted by atomic mass is 10.0. The first-order valence-electron chi connectivity index (χ1n) is 18.8. The first kappa shape index (κ1) is 36.2. The van der Waals surface area contributed by atoms with E-state index < -0.39 is 24.1 Å². The minimum Gasteiger partial charge on any atom is -0.465 e. The summed E-state index contributed by atoms with van der Waals surface area (Å²) in [5.74, 6) is 0.927. The van der Waals surface area contributed by atoms with Crippen LogP contribution in [0.4, 0.5) is 10.5 Å². The molecule has 0 aliphatic carbocycles. The fraction of sp³-hybridized carbons (Fsp3) is 0.256. The third-order valence-corrected chi connectivity index (χ3v) is 10.6. The smallest absolute Gasteiger partial charge is 0.405 e. The van der Waals surface area contributed by atoms with Crippen molar-refractivity contribution < 1.29 is 28.7 Å². The van der Waals surface area contributed by atoms with Crippen LogP contribution in [0.15, 0.2) is 108 Å². The fourth-order valence-corrected chi connectivity index (χ4v) is 7.73. The molecule has 4 amide bonds. The van der Waals surface area contributed by atoms with Crippen LogP contribution in [0.25, 0.3) is 33.8 Å². The van der Waals surface area contributed by atoms with Gasteiger partial charge in [-0.1, -0.05) is 66.7 Å². The quantitative estimate of drug-likeness (QED) is 0.115. The molecule has 13 heteroatoms. The number of nitrogens with zero attached hydrogens (tertiary/aromatic N) is 4. The van der Waals surface area contributed by atoms with Gasteiger partial charge in [0.05, 0.1) is 29.7 Å². The Bertz CT molecular complexity index is 2410. The van der Waals surface area contributed by atoms with Gasteiger partial charge >= 0.3 is 6.09 Å². The van der Waals surface area contributed by atoms with E-state index >= 15 is 0 Å². The summed E-state index contributed by atoms with van der Waals surface area (Å²) < 4.78 is 6.25. The monoisotopic (exact) mass is 751 g/mol. The van der Waals surface area contributed by atoms with Crippen molar-refractivity contribution in [1.82, 2.24) is 30.1 Å². The molecule has 13 nitrogen and oxygen atoms in total. The molecule has 6 aromatic rings. The standard InChI is InChI=1S/C43H41N7O6/c1-26-16-17-30(24-32(26)47-40(52)35-15-9-21-50(35)42(53)38(48-43(54)55)28-12-6-3-7-13-28)41-44-25-36(56-41)29-18-19-31-33(23-29)46-39(45-31)34-14-8-20-49(34)37(51)22-27-10-4-2-5-11-27/h2-7,10-13,16-19,23-25,34-35,38,48H,8-9,14-15,20-22H2,1H3,(H,45,46)(H,47,52)(H,54,55)/t34-,35-,38+/m0/s1. The molecule has 2 saturated heterocycles. The number of fused-ring (bicyclic) bond motifs is 1. The highest BCUT2D eigenvalue weighted by molar-refractivity contribution is 5.99. The maximum absolute atomic E-state index is 13.7. The molecule has 2 aliphatic rings. The molecule has 0 saturated carbocycles. The van der Waals surface area contributed by atoms with Crippen molar-refractivity contribution in [3.63, 3.8) is 0 Å². The van der Waals surface area contributed by atoms with Crippen LogP contribution < -0.4 is 10.6 Å². The number of carboxylic acid groups (broad SMARTS) is 1.